The van der Waals surface area contributed by atoms with E-state index in [0.717, 1.165) is 12.5 Å². The average Bonchev–Trinajstić information content (AvgIpc) is 3.10. The van der Waals surface area contributed by atoms with E-state index in [0.29, 0.717) is 12.0 Å². The van der Waals surface area contributed by atoms with Gasteiger partial charge in [-0.25, -0.2) is 14.8 Å². The van der Waals surface area contributed by atoms with Crippen molar-refractivity contribution in [3.05, 3.63) is 42.1 Å². The van der Waals surface area contributed by atoms with Crippen LogP contribution in [-0.4, -0.2) is 37.8 Å². The molecule has 7 nitrogen and oxygen atoms in total. The standard InChI is InChI=1S/C17H20F3N5O2/c1-16(2)6-11(14(16)26)24-15(27)22-7-10-3-4-21-13(5-10)25-8-12(23-9-25)17(18,19)20/h3-5,8-9,11,14,26H,6-7H2,1-2H3,(H2,22,24,27)/t11-,14-/m0/s1. The predicted molar refractivity (Wildman–Crippen MR) is 89.9 cm³/mol. The topological polar surface area (TPSA) is 92.1 Å². The van der Waals surface area contributed by atoms with Crippen LogP contribution in [0.25, 0.3) is 5.82 Å². The quantitative estimate of drug-likeness (QED) is 0.755. The molecule has 2 aromatic heterocycles. The fourth-order valence-electron chi connectivity index (χ4n) is 3.02. The van der Waals surface area contributed by atoms with Crippen LogP contribution in [0.4, 0.5) is 18.0 Å². The van der Waals surface area contributed by atoms with E-state index in [-0.39, 0.29) is 23.8 Å². The molecular formula is C17H20F3N5O2. The minimum atomic E-state index is -4.52. The number of carbonyl (C=O) groups excluding carboxylic acids is 1. The lowest BCUT2D eigenvalue weighted by atomic mass is 9.65. The normalized spacial score (nSPS) is 21.4. The highest BCUT2D eigenvalue weighted by Gasteiger charge is 2.46. The summed E-state index contributed by atoms with van der Waals surface area (Å²) in [6.07, 6.45) is -1.11. The van der Waals surface area contributed by atoms with Gasteiger partial charge in [0.1, 0.15) is 12.1 Å². The molecular weight excluding hydrogens is 363 g/mol. The number of urea groups is 1. The Balaban J connectivity index is 1.58. The van der Waals surface area contributed by atoms with E-state index >= 15 is 0 Å². The van der Waals surface area contributed by atoms with Gasteiger partial charge in [-0.1, -0.05) is 13.8 Å². The van der Waals surface area contributed by atoms with E-state index in [1.54, 1.807) is 12.1 Å². The highest BCUT2D eigenvalue weighted by Crippen LogP contribution is 2.40. The number of nitrogens with zero attached hydrogens (tertiary/aromatic N) is 3. The molecule has 0 spiro atoms. The molecule has 2 atom stereocenters. The van der Waals surface area contributed by atoms with Crippen molar-refractivity contribution in [1.82, 2.24) is 25.2 Å². The van der Waals surface area contributed by atoms with Crippen molar-refractivity contribution in [2.24, 2.45) is 5.41 Å². The second-order valence-electron chi connectivity index (χ2n) is 7.26. The summed E-state index contributed by atoms with van der Waals surface area (Å²) in [5.74, 6) is 0.258. The molecule has 3 rings (SSSR count). The van der Waals surface area contributed by atoms with E-state index in [1.807, 2.05) is 13.8 Å². The first-order chi connectivity index (χ1) is 12.6. The monoisotopic (exact) mass is 383 g/mol. The average molecular weight is 383 g/mol. The summed E-state index contributed by atoms with van der Waals surface area (Å²) in [4.78, 5) is 19.3. The Hall–Kier alpha value is -2.62. The van der Waals surface area contributed by atoms with Crippen molar-refractivity contribution in [3.8, 4) is 5.82 Å². The van der Waals surface area contributed by atoms with Crippen molar-refractivity contribution in [2.75, 3.05) is 0 Å². The van der Waals surface area contributed by atoms with Gasteiger partial charge in [-0.15, -0.1) is 0 Å². The van der Waals surface area contributed by atoms with Crippen LogP contribution in [0.15, 0.2) is 30.9 Å². The van der Waals surface area contributed by atoms with Gasteiger partial charge in [-0.2, -0.15) is 13.2 Å². The third kappa shape index (κ3) is 4.21. The maximum Gasteiger partial charge on any atom is 0.434 e. The minimum Gasteiger partial charge on any atom is -0.390 e. The first kappa shape index (κ1) is 19.2. The second-order valence-corrected chi connectivity index (χ2v) is 7.26. The molecule has 2 amide bonds. The third-order valence-corrected chi connectivity index (χ3v) is 4.64. The molecule has 0 aliphatic heterocycles. The number of hydrogen-bond donors (Lipinski definition) is 3. The molecule has 1 fully saturated rings. The molecule has 0 unspecified atom stereocenters. The Morgan fingerprint density at radius 1 is 1.41 bits per heavy atom. The fraction of sp³-hybridized carbons (Fsp3) is 0.471. The number of alkyl halides is 3. The van der Waals surface area contributed by atoms with Crippen LogP contribution in [0.2, 0.25) is 0 Å². The molecule has 1 saturated carbocycles. The predicted octanol–water partition coefficient (Wildman–Crippen LogP) is 2.24. The molecule has 3 N–H and O–H groups in total. The van der Waals surface area contributed by atoms with Crippen LogP contribution in [0.3, 0.4) is 0 Å². The van der Waals surface area contributed by atoms with E-state index in [1.165, 1.54) is 10.8 Å². The zero-order valence-corrected chi connectivity index (χ0v) is 14.8. The Morgan fingerprint density at radius 3 is 2.74 bits per heavy atom. The lowest BCUT2D eigenvalue weighted by Crippen LogP contribution is -2.62. The van der Waals surface area contributed by atoms with Crippen molar-refractivity contribution in [3.63, 3.8) is 0 Å². The highest BCUT2D eigenvalue weighted by atomic mass is 19.4. The summed E-state index contributed by atoms with van der Waals surface area (Å²) >= 11 is 0. The molecule has 0 saturated heterocycles. The maximum atomic E-state index is 12.7. The van der Waals surface area contributed by atoms with Gasteiger partial charge in [0.25, 0.3) is 0 Å². The fourth-order valence-corrected chi connectivity index (χ4v) is 3.02. The molecule has 1 aliphatic carbocycles. The molecule has 2 heterocycles. The molecule has 0 bridgehead atoms. The molecule has 27 heavy (non-hydrogen) atoms. The number of nitrogens with one attached hydrogen (secondary N) is 2. The van der Waals surface area contributed by atoms with Gasteiger partial charge in [0.15, 0.2) is 5.69 Å². The SMILES string of the molecule is CC1(C)C[C@H](NC(=O)NCc2ccnc(-n3cnc(C(F)(F)F)c3)c2)[C@@H]1O. The van der Waals surface area contributed by atoms with Gasteiger partial charge in [-0.3, -0.25) is 4.57 Å². The number of halogens is 3. The summed E-state index contributed by atoms with van der Waals surface area (Å²) in [7, 11) is 0. The molecule has 1 aliphatic rings. The van der Waals surface area contributed by atoms with Crippen LogP contribution in [0.5, 0.6) is 0 Å². The number of aliphatic hydroxyl groups excluding tert-OH is 1. The summed E-state index contributed by atoms with van der Waals surface area (Å²) in [5, 5.41) is 15.3. The lowest BCUT2D eigenvalue weighted by molar-refractivity contribution is -0.140. The molecule has 2 aromatic rings. The van der Waals surface area contributed by atoms with E-state index in [4.69, 9.17) is 0 Å². The first-order valence-corrected chi connectivity index (χ1v) is 8.35. The number of rotatable bonds is 4. The largest absolute Gasteiger partial charge is 0.434 e. The van der Waals surface area contributed by atoms with Gasteiger partial charge < -0.3 is 15.7 Å². The van der Waals surface area contributed by atoms with Crippen molar-refractivity contribution in [1.29, 1.82) is 0 Å². The summed E-state index contributed by atoms with van der Waals surface area (Å²) in [6.45, 7) is 4.01. The Morgan fingerprint density at radius 2 is 2.15 bits per heavy atom. The first-order valence-electron chi connectivity index (χ1n) is 8.35. The highest BCUT2D eigenvalue weighted by molar-refractivity contribution is 5.74. The Labute approximate surface area is 153 Å². The zero-order valence-electron chi connectivity index (χ0n) is 14.8. The van der Waals surface area contributed by atoms with Crippen LogP contribution in [0.1, 0.15) is 31.5 Å². The van der Waals surface area contributed by atoms with E-state index in [9.17, 15) is 23.1 Å². The number of pyridine rings is 1. The van der Waals surface area contributed by atoms with Gasteiger partial charge in [-0.05, 0) is 29.5 Å². The number of aliphatic hydroxyl groups is 1. The Bertz CT molecular complexity index is 834. The van der Waals surface area contributed by atoms with Crippen LogP contribution >= 0.6 is 0 Å². The summed E-state index contributed by atoms with van der Waals surface area (Å²) < 4.78 is 39.1. The number of hydrogen-bond acceptors (Lipinski definition) is 4. The third-order valence-electron chi connectivity index (χ3n) is 4.64. The maximum absolute atomic E-state index is 12.7. The van der Waals surface area contributed by atoms with E-state index < -0.39 is 24.0 Å². The number of imidazole rings is 1. The van der Waals surface area contributed by atoms with Gasteiger partial charge in [0, 0.05) is 18.9 Å². The molecule has 0 radical (unpaired) electrons. The smallest absolute Gasteiger partial charge is 0.390 e. The molecule has 0 aromatic carbocycles. The van der Waals surface area contributed by atoms with Crippen LogP contribution in [0, 0.1) is 5.41 Å². The van der Waals surface area contributed by atoms with Gasteiger partial charge >= 0.3 is 12.2 Å². The summed E-state index contributed by atoms with van der Waals surface area (Å²) in [6, 6.07) is 2.49. The van der Waals surface area contributed by atoms with Crippen LogP contribution < -0.4 is 10.6 Å². The molecule has 10 heteroatoms. The van der Waals surface area contributed by atoms with E-state index in [2.05, 4.69) is 20.6 Å². The molecule has 146 valence electrons. The van der Waals surface area contributed by atoms with Crippen molar-refractivity contribution >= 4 is 6.03 Å². The Kier molecular flexibility index (Phi) is 4.85. The van der Waals surface area contributed by atoms with Crippen molar-refractivity contribution in [2.45, 2.75) is 45.1 Å². The van der Waals surface area contributed by atoms with Crippen LogP contribution in [-0.2, 0) is 12.7 Å². The van der Waals surface area contributed by atoms with Crippen molar-refractivity contribution < 1.29 is 23.1 Å². The van der Waals surface area contributed by atoms with Gasteiger partial charge in [0.2, 0.25) is 0 Å². The number of amides is 2. The number of aromatic nitrogens is 3. The minimum absolute atomic E-state index is 0.161. The zero-order chi connectivity index (χ0) is 19.8. The summed E-state index contributed by atoms with van der Waals surface area (Å²) in [5.41, 5.74) is -0.557. The second kappa shape index (κ2) is 6.84. The number of carbonyl (C=O) groups is 1. The van der Waals surface area contributed by atoms with Gasteiger partial charge in [0.05, 0.1) is 12.1 Å². The lowest BCUT2D eigenvalue weighted by Gasteiger charge is -2.48.